The van der Waals surface area contributed by atoms with Gasteiger partial charge in [0, 0.05) is 4.47 Å². The number of halogens is 1. The van der Waals surface area contributed by atoms with Crippen LogP contribution in [0.25, 0.3) is 6.08 Å². The first-order valence-electron chi connectivity index (χ1n) is 3.45. The van der Waals surface area contributed by atoms with Crippen LogP contribution in [0.4, 0.5) is 0 Å². The fraction of sp³-hybridized carbons (Fsp3) is 0.100. The Hall–Kier alpha value is -0.780. The van der Waals surface area contributed by atoms with Crippen LogP contribution in [0.5, 0.6) is 0 Å². The molecule has 0 N–H and O–H groups in total. The second-order valence-electron chi connectivity index (χ2n) is 2.15. The van der Waals surface area contributed by atoms with Crippen LogP contribution in [0.15, 0.2) is 40.5 Å². The zero-order chi connectivity index (χ0) is 8.10. The highest BCUT2D eigenvalue weighted by molar-refractivity contribution is 9.10. The van der Waals surface area contributed by atoms with E-state index >= 15 is 0 Å². The first kappa shape index (κ1) is 8.32. The number of hydrogen-bond donors (Lipinski definition) is 0. The summed E-state index contributed by atoms with van der Waals surface area (Å²) in [6.45, 7) is 1.95. The molecule has 0 unspecified atom stereocenters. The highest BCUT2D eigenvalue weighted by Crippen LogP contribution is 2.11. The monoisotopic (exact) mass is 208 g/mol. The molecule has 11 heavy (non-hydrogen) atoms. The summed E-state index contributed by atoms with van der Waals surface area (Å²) < 4.78 is 1.10. The largest absolute Gasteiger partial charge is 0.125 e. The third-order valence-corrected chi connectivity index (χ3v) is 1.76. The van der Waals surface area contributed by atoms with Crippen LogP contribution in [-0.2, 0) is 0 Å². The molecule has 0 nitrogen and oxygen atoms in total. The molecule has 0 aliphatic carbocycles. The van der Waals surface area contributed by atoms with Gasteiger partial charge < -0.3 is 0 Å². The average molecular weight is 209 g/mol. The van der Waals surface area contributed by atoms with E-state index in [1.807, 2.05) is 37.3 Å². The summed E-state index contributed by atoms with van der Waals surface area (Å²) in [6, 6.07) is 8.11. The van der Waals surface area contributed by atoms with Gasteiger partial charge in [-0.3, -0.25) is 0 Å². The Morgan fingerprint density at radius 3 is 2.91 bits per heavy atom. The SMILES string of the molecule is CC=C=Cc1cccc(Br)c1. The maximum Gasteiger partial charge on any atom is 0.0181 e. The summed E-state index contributed by atoms with van der Waals surface area (Å²) in [4.78, 5) is 0. The third kappa shape index (κ3) is 2.75. The Morgan fingerprint density at radius 1 is 1.45 bits per heavy atom. The number of hydrogen-bond acceptors (Lipinski definition) is 0. The lowest BCUT2D eigenvalue weighted by Crippen LogP contribution is -1.68. The predicted molar refractivity (Wildman–Crippen MR) is 52.4 cm³/mol. The van der Waals surface area contributed by atoms with E-state index in [0.717, 1.165) is 10.0 Å². The van der Waals surface area contributed by atoms with Gasteiger partial charge in [0.2, 0.25) is 0 Å². The molecule has 0 fully saturated rings. The zero-order valence-corrected chi connectivity index (χ0v) is 7.93. The molecule has 0 radical (unpaired) electrons. The van der Waals surface area contributed by atoms with Gasteiger partial charge >= 0.3 is 0 Å². The molecule has 0 saturated carbocycles. The van der Waals surface area contributed by atoms with Crippen molar-refractivity contribution in [3.8, 4) is 0 Å². The Labute approximate surface area is 75.4 Å². The second-order valence-corrected chi connectivity index (χ2v) is 3.07. The van der Waals surface area contributed by atoms with Crippen LogP contribution in [0.2, 0.25) is 0 Å². The van der Waals surface area contributed by atoms with Gasteiger partial charge in [0.15, 0.2) is 0 Å². The van der Waals surface area contributed by atoms with Crippen molar-refractivity contribution in [2.75, 3.05) is 0 Å². The fourth-order valence-electron chi connectivity index (χ4n) is 0.776. The van der Waals surface area contributed by atoms with E-state index in [2.05, 4.69) is 27.7 Å². The van der Waals surface area contributed by atoms with E-state index in [1.54, 1.807) is 0 Å². The third-order valence-electron chi connectivity index (χ3n) is 1.27. The van der Waals surface area contributed by atoms with Gasteiger partial charge in [-0.25, -0.2) is 0 Å². The molecule has 1 heteroatoms. The first-order valence-corrected chi connectivity index (χ1v) is 4.25. The van der Waals surface area contributed by atoms with Crippen molar-refractivity contribution in [3.05, 3.63) is 46.1 Å². The van der Waals surface area contributed by atoms with Gasteiger partial charge in [-0.2, -0.15) is 0 Å². The Morgan fingerprint density at radius 2 is 2.27 bits per heavy atom. The highest BCUT2D eigenvalue weighted by Gasteiger charge is 1.85. The van der Waals surface area contributed by atoms with Crippen molar-refractivity contribution in [2.45, 2.75) is 6.92 Å². The molecule has 0 aliphatic heterocycles. The lowest BCUT2D eigenvalue weighted by molar-refractivity contribution is 1.61. The highest BCUT2D eigenvalue weighted by atomic mass is 79.9. The van der Waals surface area contributed by atoms with Gasteiger partial charge in [-0.05, 0) is 36.8 Å². The van der Waals surface area contributed by atoms with Crippen LogP contribution < -0.4 is 0 Å². The topological polar surface area (TPSA) is 0 Å². The van der Waals surface area contributed by atoms with E-state index in [1.165, 1.54) is 0 Å². The van der Waals surface area contributed by atoms with Crippen molar-refractivity contribution in [3.63, 3.8) is 0 Å². The lowest BCUT2D eigenvalue weighted by Gasteiger charge is -1.90. The van der Waals surface area contributed by atoms with Crippen molar-refractivity contribution in [2.24, 2.45) is 0 Å². The molecule has 0 amide bonds. The first-order chi connectivity index (χ1) is 5.33. The second kappa shape index (κ2) is 4.17. The van der Waals surface area contributed by atoms with Gasteiger partial charge in [0.1, 0.15) is 0 Å². The quantitative estimate of drug-likeness (QED) is 0.619. The molecule has 0 bridgehead atoms. The summed E-state index contributed by atoms with van der Waals surface area (Å²) in [5.74, 6) is 0. The summed E-state index contributed by atoms with van der Waals surface area (Å²) in [7, 11) is 0. The maximum absolute atomic E-state index is 3.40. The van der Waals surface area contributed by atoms with Crippen molar-refractivity contribution in [1.82, 2.24) is 0 Å². The molecule has 0 aromatic heterocycles. The molecule has 0 spiro atoms. The van der Waals surface area contributed by atoms with E-state index in [9.17, 15) is 0 Å². The van der Waals surface area contributed by atoms with E-state index in [4.69, 9.17) is 0 Å². The minimum atomic E-state index is 1.10. The average Bonchev–Trinajstić information content (AvgIpc) is 2.01. The standard InChI is InChI=1S/C10H9Br/c1-2-3-5-9-6-4-7-10(11)8-9/h2,4-8H,1H3. The Kier molecular flexibility index (Phi) is 3.15. The van der Waals surface area contributed by atoms with Gasteiger partial charge in [-0.15, -0.1) is 5.73 Å². The molecule has 0 atom stereocenters. The van der Waals surface area contributed by atoms with Gasteiger partial charge in [0.05, 0.1) is 0 Å². The van der Waals surface area contributed by atoms with Crippen molar-refractivity contribution in [1.29, 1.82) is 0 Å². The molecule has 0 saturated heterocycles. The predicted octanol–water partition coefficient (Wildman–Crippen LogP) is 3.64. The molecular weight excluding hydrogens is 200 g/mol. The van der Waals surface area contributed by atoms with Crippen LogP contribution in [-0.4, -0.2) is 0 Å². The fourth-order valence-corrected chi connectivity index (χ4v) is 1.19. The summed E-state index contributed by atoms with van der Waals surface area (Å²) in [5.41, 5.74) is 4.19. The van der Waals surface area contributed by atoms with Crippen LogP contribution in [0.1, 0.15) is 12.5 Å². The Balaban J connectivity index is 2.97. The molecular formula is C10H9Br. The van der Waals surface area contributed by atoms with Crippen LogP contribution in [0, 0.1) is 0 Å². The number of allylic oxidation sites excluding steroid dienone is 1. The Bertz CT molecular complexity index is 293. The molecule has 0 heterocycles. The molecule has 1 aromatic carbocycles. The number of benzene rings is 1. The van der Waals surface area contributed by atoms with E-state index < -0.39 is 0 Å². The summed E-state index contributed by atoms with van der Waals surface area (Å²) in [6.07, 6.45) is 3.84. The molecule has 56 valence electrons. The summed E-state index contributed by atoms with van der Waals surface area (Å²) >= 11 is 3.40. The number of rotatable bonds is 1. The van der Waals surface area contributed by atoms with Crippen molar-refractivity contribution < 1.29 is 0 Å². The van der Waals surface area contributed by atoms with Crippen molar-refractivity contribution >= 4 is 22.0 Å². The zero-order valence-electron chi connectivity index (χ0n) is 6.34. The molecule has 1 aromatic rings. The molecule has 0 aliphatic rings. The molecule has 1 rings (SSSR count). The van der Waals surface area contributed by atoms with E-state index in [-0.39, 0.29) is 0 Å². The minimum Gasteiger partial charge on any atom is -0.125 e. The smallest absolute Gasteiger partial charge is 0.0181 e. The van der Waals surface area contributed by atoms with Crippen LogP contribution >= 0.6 is 15.9 Å². The maximum atomic E-state index is 3.40. The van der Waals surface area contributed by atoms with Crippen LogP contribution in [0.3, 0.4) is 0 Å². The van der Waals surface area contributed by atoms with Gasteiger partial charge in [-0.1, -0.05) is 28.1 Å². The minimum absolute atomic E-state index is 1.10. The lowest BCUT2D eigenvalue weighted by atomic mass is 10.2. The normalized spacial score (nSPS) is 8.55. The van der Waals surface area contributed by atoms with E-state index in [0.29, 0.717) is 0 Å². The summed E-state index contributed by atoms with van der Waals surface area (Å²) in [5, 5.41) is 0. The van der Waals surface area contributed by atoms with Gasteiger partial charge in [0.25, 0.3) is 0 Å².